The zero-order valence-electron chi connectivity index (χ0n) is 25.5. The summed E-state index contributed by atoms with van der Waals surface area (Å²) in [4.78, 5) is 0. The van der Waals surface area contributed by atoms with Gasteiger partial charge in [0.05, 0.1) is 0 Å². The molecule has 0 radical (unpaired) electrons. The van der Waals surface area contributed by atoms with Gasteiger partial charge in [-0.05, 0) is 63.6 Å². The van der Waals surface area contributed by atoms with Gasteiger partial charge in [0.2, 0.25) is 0 Å². The van der Waals surface area contributed by atoms with Gasteiger partial charge in [-0.2, -0.15) is 0 Å². The molecule has 1 atom stereocenters. The van der Waals surface area contributed by atoms with Gasteiger partial charge in [0.15, 0.2) is 0 Å². The van der Waals surface area contributed by atoms with E-state index in [2.05, 4.69) is 26.5 Å². The Balaban J connectivity index is 0.00000229. The lowest BCUT2D eigenvalue weighted by Gasteiger charge is -2.22. The van der Waals surface area contributed by atoms with E-state index in [-0.39, 0.29) is 17.4 Å². The van der Waals surface area contributed by atoms with Crippen molar-refractivity contribution in [2.75, 3.05) is 0 Å². The first-order valence-corrected chi connectivity index (χ1v) is 16.3. The number of phenolic OH excluding ortho intramolecular Hbond substituents is 2. The summed E-state index contributed by atoms with van der Waals surface area (Å²) in [6.07, 6.45) is 33.2. The van der Waals surface area contributed by atoms with Crippen molar-refractivity contribution in [2.45, 2.75) is 168 Å². The van der Waals surface area contributed by atoms with Crippen molar-refractivity contribution in [1.82, 2.24) is 0 Å². The SMILES string of the molecule is C=CC.CCCCCCCCCCCCCCCCCCCCc1cc(O)c([C@H]2C=C(C)CCC2)c(O)c1. The van der Waals surface area contributed by atoms with E-state index in [9.17, 15) is 10.2 Å². The average molecular weight is 527 g/mol. The molecule has 2 nitrogen and oxygen atoms in total. The predicted octanol–water partition coefficient (Wildman–Crippen LogP) is 12.1. The Labute approximate surface area is 237 Å². The van der Waals surface area contributed by atoms with E-state index < -0.39 is 0 Å². The van der Waals surface area contributed by atoms with E-state index in [0.29, 0.717) is 0 Å². The Hall–Kier alpha value is -1.70. The summed E-state index contributed by atoms with van der Waals surface area (Å²) in [5.41, 5.74) is 3.16. The highest BCUT2D eigenvalue weighted by Gasteiger charge is 2.21. The van der Waals surface area contributed by atoms with Crippen LogP contribution < -0.4 is 0 Å². The van der Waals surface area contributed by atoms with Crippen LogP contribution in [0.3, 0.4) is 0 Å². The molecule has 0 spiro atoms. The van der Waals surface area contributed by atoms with Gasteiger partial charge in [0.25, 0.3) is 0 Å². The van der Waals surface area contributed by atoms with Crippen molar-refractivity contribution in [1.29, 1.82) is 0 Å². The standard InChI is InChI=1S/C33H56O2.C3H6/c1-3-4-5-6-7-8-9-10-11-12-13-14-15-16-17-18-19-20-23-29-26-31(34)33(32(35)27-29)30-24-21-22-28(2)25-30;1-3-2/h25-27,30,34-35H,3-24H2,1-2H3;3H,1H2,2H3/t30-;/m1./s1. The third-order valence-corrected chi connectivity index (χ3v) is 7.96. The fourth-order valence-electron chi connectivity index (χ4n) is 5.77. The van der Waals surface area contributed by atoms with E-state index in [1.165, 1.54) is 115 Å². The molecule has 0 saturated heterocycles. The van der Waals surface area contributed by atoms with Gasteiger partial charge in [0, 0.05) is 11.5 Å². The Morgan fingerprint density at radius 1 is 0.737 bits per heavy atom. The fourth-order valence-corrected chi connectivity index (χ4v) is 5.77. The molecule has 0 unspecified atom stereocenters. The van der Waals surface area contributed by atoms with Crippen LogP contribution in [0.25, 0.3) is 0 Å². The second-order valence-electron chi connectivity index (χ2n) is 11.7. The molecule has 2 rings (SSSR count). The first-order chi connectivity index (χ1) is 18.5. The van der Waals surface area contributed by atoms with Crippen LogP contribution in [0.5, 0.6) is 11.5 Å². The number of phenols is 2. The van der Waals surface area contributed by atoms with Gasteiger partial charge < -0.3 is 10.2 Å². The van der Waals surface area contributed by atoms with Crippen LogP contribution in [0.15, 0.2) is 36.4 Å². The molecule has 2 N–H and O–H groups in total. The summed E-state index contributed by atoms with van der Waals surface area (Å²) in [5, 5.41) is 21.1. The minimum Gasteiger partial charge on any atom is -0.507 e. The van der Waals surface area contributed by atoms with E-state index in [4.69, 9.17) is 0 Å². The van der Waals surface area contributed by atoms with Crippen molar-refractivity contribution in [3.63, 3.8) is 0 Å². The van der Waals surface area contributed by atoms with Gasteiger partial charge in [-0.1, -0.05) is 134 Å². The van der Waals surface area contributed by atoms with E-state index >= 15 is 0 Å². The second kappa shape index (κ2) is 23.2. The zero-order valence-corrected chi connectivity index (χ0v) is 25.5. The summed E-state index contributed by atoms with van der Waals surface area (Å²) in [6.45, 7) is 9.69. The topological polar surface area (TPSA) is 40.5 Å². The summed E-state index contributed by atoms with van der Waals surface area (Å²) in [5.74, 6) is 0.708. The van der Waals surface area contributed by atoms with Crippen LogP contribution in [-0.4, -0.2) is 10.2 Å². The van der Waals surface area contributed by atoms with E-state index in [1.54, 1.807) is 6.08 Å². The molecule has 0 amide bonds. The van der Waals surface area contributed by atoms with E-state index in [0.717, 1.165) is 43.2 Å². The van der Waals surface area contributed by atoms with Crippen LogP contribution in [0.1, 0.15) is 173 Å². The Morgan fingerprint density at radius 3 is 1.53 bits per heavy atom. The second-order valence-corrected chi connectivity index (χ2v) is 11.7. The molecule has 2 heteroatoms. The molecule has 1 aliphatic rings. The van der Waals surface area contributed by atoms with Crippen molar-refractivity contribution < 1.29 is 10.2 Å². The molecule has 1 aromatic rings. The van der Waals surface area contributed by atoms with Crippen molar-refractivity contribution in [3.05, 3.63) is 47.6 Å². The van der Waals surface area contributed by atoms with E-state index in [1.807, 2.05) is 19.1 Å². The molecule has 0 fully saturated rings. The number of unbranched alkanes of at least 4 members (excludes halogenated alkanes) is 17. The maximum atomic E-state index is 10.6. The van der Waals surface area contributed by atoms with Crippen LogP contribution in [0.2, 0.25) is 0 Å². The highest BCUT2D eigenvalue weighted by atomic mass is 16.3. The van der Waals surface area contributed by atoms with Crippen molar-refractivity contribution in [3.8, 4) is 11.5 Å². The maximum absolute atomic E-state index is 10.6. The van der Waals surface area contributed by atoms with Crippen LogP contribution >= 0.6 is 0 Å². The number of benzene rings is 1. The quantitative estimate of drug-likeness (QED) is 0.131. The molecule has 0 heterocycles. The van der Waals surface area contributed by atoms with Gasteiger partial charge in [-0.3, -0.25) is 0 Å². The van der Waals surface area contributed by atoms with Gasteiger partial charge in [-0.15, -0.1) is 6.58 Å². The highest BCUT2D eigenvalue weighted by molar-refractivity contribution is 5.50. The minimum atomic E-state index is 0.155. The van der Waals surface area contributed by atoms with Crippen molar-refractivity contribution >= 4 is 0 Å². The van der Waals surface area contributed by atoms with Crippen LogP contribution in [0, 0.1) is 0 Å². The molecule has 0 aromatic heterocycles. The number of hydrogen-bond acceptors (Lipinski definition) is 2. The Bertz CT molecular complexity index is 725. The molecule has 0 bridgehead atoms. The Morgan fingerprint density at radius 2 is 1.13 bits per heavy atom. The largest absolute Gasteiger partial charge is 0.507 e. The monoisotopic (exact) mass is 526 g/mol. The molecule has 0 saturated carbocycles. The molecule has 1 aliphatic carbocycles. The zero-order chi connectivity index (χ0) is 27.8. The predicted molar refractivity (Wildman–Crippen MR) is 168 cm³/mol. The lowest BCUT2D eigenvalue weighted by Crippen LogP contribution is -2.03. The molecular weight excluding hydrogens is 464 g/mol. The van der Waals surface area contributed by atoms with Gasteiger partial charge in [-0.25, -0.2) is 0 Å². The summed E-state index contributed by atoms with van der Waals surface area (Å²) >= 11 is 0. The molecule has 38 heavy (non-hydrogen) atoms. The van der Waals surface area contributed by atoms with Gasteiger partial charge in [0.1, 0.15) is 11.5 Å². The maximum Gasteiger partial charge on any atom is 0.123 e. The number of allylic oxidation sites excluding steroid dienone is 3. The molecular formula is C36H62O2. The number of hydrogen-bond donors (Lipinski definition) is 2. The molecule has 218 valence electrons. The third kappa shape index (κ3) is 16.3. The number of aryl methyl sites for hydroxylation is 1. The summed E-state index contributed by atoms with van der Waals surface area (Å²) < 4.78 is 0. The summed E-state index contributed by atoms with van der Waals surface area (Å²) in [7, 11) is 0. The normalized spacial score (nSPS) is 15.0. The lowest BCUT2D eigenvalue weighted by atomic mass is 9.84. The third-order valence-electron chi connectivity index (χ3n) is 7.96. The smallest absolute Gasteiger partial charge is 0.123 e. The fraction of sp³-hybridized carbons (Fsp3) is 0.722. The molecule has 0 aliphatic heterocycles. The highest BCUT2D eigenvalue weighted by Crippen LogP contribution is 2.41. The molecule has 1 aromatic carbocycles. The average Bonchev–Trinajstić information content (AvgIpc) is 2.88. The first kappa shape index (κ1) is 34.3. The number of aromatic hydroxyl groups is 2. The minimum absolute atomic E-state index is 0.155. The van der Waals surface area contributed by atoms with Crippen molar-refractivity contribution in [2.24, 2.45) is 0 Å². The Kier molecular flexibility index (Phi) is 21.0. The number of rotatable bonds is 20. The first-order valence-electron chi connectivity index (χ1n) is 16.3. The van der Waals surface area contributed by atoms with Crippen LogP contribution in [0.4, 0.5) is 0 Å². The lowest BCUT2D eigenvalue weighted by molar-refractivity contribution is 0.427. The summed E-state index contributed by atoms with van der Waals surface area (Å²) in [6, 6.07) is 3.78. The van der Waals surface area contributed by atoms with Crippen LogP contribution in [-0.2, 0) is 6.42 Å². The van der Waals surface area contributed by atoms with Gasteiger partial charge >= 0.3 is 0 Å².